The topological polar surface area (TPSA) is 132 Å². The van der Waals surface area contributed by atoms with Gasteiger partial charge >= 0.3 is 29.8 Å². The maximum absolute atomic E-state index is 12.9. The van der Waals surface area contributed by atoms with Crippen LogP contribution in [-0.2, 0) is 14.4 Å². The number of rotatable bonds is 10. The van der Waals surface area contributed by atoms with Crippen molar-refractivity contribution in [2.24, 2.45) is 0 Å². The van der Waals surface area contributed by atoms with E-state index in [-0.39, 0.29) is 45.3 Å². The van der Waals surface area contributed by atoms with Crippen LogP contribution < -0.4 is 23.7 Å². The Morgan fingerprint density at radius 2 is 0.980 bits per heavy atom. The molecule has 10 nitrogen and oxygen atoms in total. The van der Waals surface area contributed by atoms with E-state index >= 15 is 0 Å². The first kappa shape index (κ1) is 34.9. The van der Waals surface area contributed by atoms with Crippen molar-refractivity contribution in [3.63, 3.8) is 0 Å². The molecule has 4 rings (SSSR count). The maximum Gasteiger partial charge on any atom is 0.343 e. The molecule has 0 aliphatic carbocycles. The molecule has 49 heavy (non-hydrogen) atoms. The molecule has 4 aromatic carbocycles. The lowest BCUT2D eigenvalue weighted by Crippen LogP contribution is -2.11. The van der Waals surface area contributed by atoms with Gasteiger partial charge in [-0.3, -0.25) is 0 Å². The third kappa shape index (κ3) is 10.00. The third-order valence-corrected chi connectivity index (χ3v) is 6.25. The van der Waals surface area contributed by atoms with Crippen LogP contribution in [0.25, 0.3) is 0 Å². The number of esters is 5. The van der Waals surface area contributed by atoms with Gasteiger partial charge in [-0.15, -0.1) is 0 Å². The van der Waals surface area contributed by atoms with Gasteiger partial charge in [0.25, 0.3) is 0 Å². The average molecular weight is 657 g/mol. The van der Waals surface area contributed by atoms with Crippen molar-refractivity contribution in [3.8, 4) is 40.6 Å². The monoisotopic (exact) mass is 656 g/mol. The number of hydrogen-bond donors (Lipinski definition) is 0. The predicted molar refractivity (Wildman–Crippen MR) is 178 cm³/mol. The zero-order valence-electron chi connectivity index (χ0n) is 26.4. The van der Waals surface area contributed by atoms with Gasteiger partial charge in [0.05, 0.1) is 16.7 Å². The molecule has 0 saturated heterocycles. The Labute approximate surface area is 281 Å². The molecule has 0 radical (unpaired) electrons. The Kier molecular flexibility index (Phi) is 11.4. The Balaban J connectivity index is 1.42. The summed E-state index contributed by atoms with van der Waals surface area (Å²) in [5.74, 6) is 3.40. The lowest BCUT2D eigenvalue weighted by molar-refractivity contribution is -0.130. The second-order valence-corrected chi connectivity index (χ2v) is 10.2. The molecule has 0 saturated carbocycles. The molecule has 0 aliphatic heterocycles. The number of benzene rings is 4. The van der Waals surface area contributed by atoms with Crippen molar-refractivity contribution < 1.29 is 47.7 Å². The van der Waals surface area contributed by atoms with Crippen LogP contribution in [0.4, 0.5) is 0 Å². The summed E-state index contributed by atoms with van der Waals surface area (Å²) in [6, 6.07) is 22.2. The summed E-state index contributed by atoms with van der Waals surface area (Å²) < 4.78 is 26.5. The van der Waals surface area contributed by atoms with Gasteiger partial charge in [-0.05, 0) is 98.8 Å². The van der Waals surface area contributed by atoms with E-state index in [1.54, 1.807) is 31.2 Å². The Hall–Kier alpha value is -6.99. The van der Waals surface area contributed by atoms with Gasteiger partial charge < -0.3 is 23.7 Å². The molecule has 0 atom stereocenters. The van der Waals surface area contributed by atoms with Crippen molar-refractivity contribution in [2.45, 2.75) is 13.8 Å². The fourth-order valence-corrected chi connectivity index (χ4v) is 3.69. The number of carbonyl (C=O) groups excluding carboxylic acids is 5. The van der Waals surface area contributed by atoms with Gasteiger partial charge in [0.2, 0.25) is 0 Å². The van der Waals surface area contributed by atoms with Crippen molar-refractivity contribution in [3.05, 3.63) is 150 Å². The predicted octanol–water partition coefficient (Wildman–Crippen LogP) is 6.58. The molecule has 0 aromatic heterocycles. The fourth-order valence-electron chi connectivity index (χ4n) is 3.69. The summed E-state index contributed by atoms with van der Waals surface area (Å²) in [7, 11) is 0. The highest BCUT2D eigenvalue weighted by molar-refractivity contribution is 5.93. The Morgan fingerprint density at radius 3 is 1.45 bits per heavy atom. The van der Waals surface area contributed by atoms with E-state index in [4.69, 9.17) is 23.7 Å². The quantitative estimate of drug-likeness (QED) is 0.0798. The molecule has 0 amide bonds. The lowest BCUT2D eigenvalue weighted by Gasteiger charge is -2.09. The highest BCUT2D eigenvalue weighted by Gasteiger charge is 2.15. The van der Waals surface area contributed by atoms with Crippen molar-refractivity contribution in [2.75, 3.05) is 0 Å². The van der Waals surface area contributed by atoms with Crippen LogP contribution in [0.1, 0.15) is 45.7 Å². The van der Waals surface area contributed by atoms with E-state index in [2.05, 4.69) is 31.6 Å². The molecule has 0 fully saturated rings. The lowest BCUT2D eigenvalue weighted by atomic mass is 10.1. The van der Waals surface area contributed by atoms with Gasteiger partial charge in [-0.1, -0.05) is 31.6 Å². The van der Waals surface area contributed by atoms with E-state index in [0.717, 1.165) is 6.08 Å². The van der Waals surface area contributed by atoms with Crippen LogP contribution in [0.3, 0.4) is 0 Å². The van der Waals surface area contributed by atoms with Crippen molar-refractivity contribution >= 4 is 29.8 Å². The summed E-state index contributed by atoms with van der Waals surface area (Å²) in [5, 5.41) is 0. The van der Waals surface area contributed by atoms with E-state index in [0.29, 0.717) is 16.9 Å². The summed E-state index contributed by atoms with van der Waals surface area (Å²) in [5.41, 5.74) is 1.76. The van der Waals surface area contributed by atoms with Crippen LogP contribution in [0.2, 0.25) is 0 Å². The minimum atomic E-state index is -0.748. The van der Waals surface area contributed by atoms with Crippen LogP contribution in [0.5, 0.6) is 28.7 Å². The number of hydrogen-bond acceptors (Lipinski definition) is 10. The Morgan fingerprint density at radius 1 is 0.551 bits per heavy atom. The molecule has 0 N–H and O–H groups in total. The van der Waals surface area contributed by atoms with Crippen molar-refractivity contribution in [1.82, 2.24) is 0 Å². The summed E-state index contributed by atoms with van der Waals surface area (Å²) >= 11 is 0. The Bertz CT molecular complexity index is 2020. The molecule has 0 unspecified atom stereocenters. The molecular formula is C39H28O10. The first-order valence-corrected chi connectivity index (χ1v) is 14.4. The molecule has 0 spiro atoms. The third-order valence-electron chi connectivity index (χ3n) is 6.25. The molecule has 10 heteroatoms. The highest BCUT2D eigenvalue weighted by Crippen LogP contribution is 2.26. The first-order chi connectivity index (χ1) is 23.4. The second-order valence-electron chi connectivity index (χ2n) is 10.2. The van der Waals surface area contributed by atoms with Crippen molar-refractivity contribution in [1.29, 1.82) is 0 Å². The van der Waals surface area contributed by atoms with Gasteiger partial charge in [-0.2, -0.15) is 0 Å². The average Bonchev–Trinajstić information content (AvgIpc) is 3.09. The summed E-state index contributed by atoms with van der Waals surface area (Å²) in [4.78, 5) is 60.8. The smallest absolute Gasteiger partial charge is 0.343 e. The second kappa shape index (κ2) is 16.0. The highest BCUT2D eigenvalue weighted by atomic mass is 16.6. The SMILES string of the molecule is C=CC(=O)Oc1cc(OC(=O)c2ccc(OC(=O)c3ccc(OC(=O)C(=C)C)cc3)cc2)ccc1C#Cc1ccc(OC(=O)C(=C)C)cc1. The van der Waals surface area contributed by atoms with E-state index in [1.807, 2.05) is 0 Å². The minimum Gasteiger partial charge on any atom is -0.423 e. The summed E-state index contributed by atoms with van der Waals surface area (Å²) in [6.45, 7) is 13.5. The molecule has 4 aromatic rings. The van der Waals surface area contributed by atoms with Crippen LogP contribution in [0.15, 0.2) is 128 Å². The van der Waals surface area contributed by atoms with Gasteiger partial charge in [0.15, 0.2) is 5.75 Å². The molecule has 0 bridgehead atoms. The molecule has 244 valence electrons. The van der Waals surface area contributed by atoms with Crippen LogP contribution >= 0.6 is 0 Å². The number of ether oxygens (including phenoxy) is 5. The van der Waals surface area contributed by atoms with Gasteiger partial charge in [0, 0.05) is 28.9 Å². The zero-order chi connectivity index (χ0) is 35.5. The van der Waals surface area contributed by atoms with E-state index in [9.17, 15) is 24.0 Å². The number of carbonyl (C=O) groups is 5. The van der Waals surface area contributed by atoms with Crippen LogP contribution in [-0.4, -0.2) is 29.8 Å². The van der Waals surface area contributed by atoms with Gasteiger partial charge in [-0.25, -0.2) is 24.0 Å². The summed E-state index contributed by atoms with van der Waals surface area (Å²) in [6.07, 6.45) is 0.978. The standard InChI is InChI=1S/C39H28O10/c1-6-35(40)49-34-23-33(22-11-27(34)10-7-26-8-16-30(17-9-26)45-36(41)24(2)3)48-39(44)29-14-20-32(21-15-29)47-38(43)28-12-18-31(19-13-28)46-37(42)25(4)5/h6,8-9,11-23H,1-2,4H2,3,5H3. The van der Waals surface area contributed by atoms with E-state index in [1.165, 1.54) is 73.7 Å². The van der Waals surface area contributed by atoms with E-state index < -0.39 is 29.8 Å². The fraction of sp³-hybridized carbons (Fsp3) is 0.0513. The zero-order valence-corrected chi connectivity index (χ0v) is 26.4. The molecule has 0 heterocycles. The van der Waals surface area contributed by atoms with Gasteiger partial charge in [0.1, 0.15) is 23.0 Å². The largest absolute Gasteiger partial charge is 0.423 e. The molecule has 0 aliphatic rings. The van der Waals surface area contributed by atoms with Crippen LogP contribution in [0, 0.1) is 11.8 Å². The minimum absolute atomic E-state index is 0.0268. The molecular weight excluding hydrogens is 628 g/mol. The normalized spacial score (nSPS) is 9.92. The maximum atomic E-state index is 12.9. The first-order valence-electron chi connectivity index (χ1n) is 14.4.